The summed E-state index contributed by atoms with van der Waals surface area (Å²) < 4.78 is 5.74. The summed E-state index contributed by atoms with van der Waals surface area (Å²) in [4.78, 5) is 11.1. The lowest BCUT2D eigenvalue weighted by Gasteiger charge is -2.03. The number of benzene rings is 3. The van der Waals surface area contributed by atoms with Crippen molar-refractivity contribution >= 4 is 5.97 Å². The highest BCUT2D eigenvalue weighted by molar-refractivity contribution is 5.89. The normalized spacial score (nSPS) is 10.7. The van der Waals surface area contributed by atoms with E-state index in [9.17, 15) is 4.79 Å². The van der Waals surface area contributed by atoms with Gasteiger partial charge in [-0.25, -0.2) is 4.79 Å². The van der Waals surface area contributed by atoms with Crippen molar-refractivity contribution in [2.45, 2.75) is 6.92 Å². The molecular weight excluding hydrogens is 340 g/mol. The van der Waals surface area contributed by atoms with Gasteiger partial charge in [-0.3, -0.25) is 0 Å². The maximum absolute atomic E-state index is 11.1. The molecule has 1 heterocycles. The van der Waals surface area contributed by atoms with Crippen LogP contribution in [0.5, 0.6) is 0 Å². The number of nitrogens with zero attached hydrogens (tertiary/aromatic N) is 2. The van der Waals surface area contributed by atoms with Gasteiger partial charge in [0.15, 0.2) is 0 Å². The maximum Gasteiger partial charge on any atom is 0.335 e. The van der Waals surface area contributed by atoms with Crippen LogP contribution < -0.4 is 0 Å². The number of carbonyl (C=O) groups is 1. The second-order valence-corrected chi connectivity index (χ2v) is 6.25. The summed E-state index contributed by atoms with van der Waals surface area (Å²) >= 11 is 0. The smallest absolute Gasteiger partial charge is 0.335 e. The molecule has 5 nitrogen and oxygen atoms in total. The van der Waals surface area contributed by atoms with Crippen molar-refractivity contribution in [3.05, 3.63) is 83.9 Å². The van der Waals surface area contributed by atoms with Crippen LogP contribution in [0, 0.1) is 6.92 Å². The number of carboxylic acids is 1. The first-order chi connectivity index (χ1) is 13.1. The molecule has 132 valence electrons. The van der Waals surface area contributed by atoms with Gasteiger partial charge in [0.25, 0.3) is 0 Å². The molecule has 0 saturated heterocycles. The Morgan fingerprint density at radius 3 is 2.11 bits per heavy atom. The van der Waals surface area contributed by atoms with Gasteiger partial charge in [-0.1, -0.05) is 48.0 Å². The number of aromatic nitrogens is 2. The van der Waals surface area contributed by atoms with E-state index in [0.717, 1.165) is 16.7 Å². The monoisotopic (exact) mass is 356 g/mol. The zero-order chi connectivity index (χ0) is 18.8. The van der Waals surface area contributed by atoms with Crippen LogP contribution in [0.25, 0.3) is 34.0 Å². The van der Waals surface area contributed by atoms with Crippen LogP contribution in [0.2, 0.25) is 0 Å². The van der Waals surface area contributed by atoms with E-state index in [1.54, 1.807) is 12.1 Å². The average molecular weight is 356 g/mol. The molecule has 0 spiro atoms. The van der Waals surface area contributed by atoms with Gasteiger partial charge >= 0.3 is 5.97 Å². The summed E-state index contributed by atoms with van der Waals surface area (Å²) in [6.45, 7) is 2.07. The number of hydrogen-bond donors (Lipinski definition) is 1. The predicted octanol–water partition coefficient (Wildman–Crippen LogP) is 5.08. The van der Waals surface area contributed by atoms with E-state index in [1.807, 2.05) is 30.3 Å². The van der Waals surface area contributed by atoms with Crippen molar-refractivity contribution in [2.75, 3.05) is 0 Å². The molecule has 0 radical (unpaired) electrons. The molecule has 5 heteroatoms. The van der Waals surface area contributed by atoms with Gasteiger partial charge in [0.05, 0.1) is 5.56 Å². The van der Waals surface area contributed by atoms with E-state index in [-0.39, 0.29) is 11.5 Å². The van der Waals surface area contributed by atoms with Gasteiger partial charge in [0, 0.05) is 11.1 Å². The molecule has 0 aliphatic heterocycles. The zero-order valence-corrected chi connectivity index (χ0v) is 14.6. The van der Waals surface area contributed by atoms with E-state index < -0.39 is 5.97 Å². The fraction of sp³-hybridized carbons (Fsp3) is 0.0455. The van der Waals surface area contributed by atoms with E-state index >= 15 is 0 Å². The summed E-state index contributed by atoms with van der Waals surface area (Å²) in [6.07, 6.45) is 0. The van der Waals surface area contributed by atoms with Crippen molar-refractivity contribution < 1.29 is 14.3 Å². The largest absolute Gasteiger partial charge is 0.478 e. The first-order valence-electron chi connectivity index (χ1n) is 8.45. The third-order valence-electron chi connectivity index (χ3n) is 4.26. The molecule has 4 rings (SSSR count). The third-order valence-corrected chi connectivity index (χ3v) is 4.26. The highest BCUT2D eigenvalue weighted by atomic mass is 16.4. The summed E-state index contributed by atoms with van der Waals surface area (Å²) in [7, 11) is 0. The summed E-state index contributed by atoms with van der Waals surface area (Å²) in [5.74, 6) is -0.319. The Hall–Kier alpha value is -3.73. The fourth-order valence-corrected chi connectivity index (χ4v) is 2.87. The first kappa shape index (κ1) is 16.7. The molecule has 0 aliphatic carbocycles. The highest BCUT2D eigenvalue weighted by Crippen LogP contribution is 2.27. The molecule has 0 fully saturated rings. The molecule has 0 bridgehead atoms. The molecule has 4 aromatic rings. The standard InChI is InChI=1S/C22H16N2O3/c1-14-4-2-5-17(12-14)15-8-10-16(11-9-15)20-23-24-21(27-20)18-6-3-7-19(13-18)22(25)26/h2-13H,1H3,(H,25,26). The Morgan fingerprint density at radius 2 is 1.41 bits per heavy atom. The number of aromatic carboxylic acids is 1. The molecule has 0 atom stereocenters. The summed E-state index contributed by atoms with van der Waals surface area (Å²) in [5.41, 5.74) is 5.02. The number of aryl methyl sites for hydroxylation is 1. The quantitative estimate of drug-likeness (QED) is 0.552. The van der Waals surface area contributed by atoms with Crippen LogP contribution in [0.15, 0.2) is 77.2 Å². The minimum absolute atomic E-state index is 0.176. The van der Waals surface area contributed by atoms with Gasteiger partial charge in [-0.15, -0.1) is 10.2 Å². The van der Waals surface area contributed by atoms with E-state index in [1.165, 1.54) is 17.7 Å². The van der Waals surface area contributed by atoms with Crippen LogP contribution in [-0.4, -0.2) is 21.3 Å². The molecule has 0 unspecified atom stereocenters. The second kappa shape index (κ2) is 6.88. The minimum atomic E-state index is -0.997. The lowest BCUT2D eigenvalue weighted by molar-refractivity contribution is 0.0697. The van der Waals surface area contributed by atoms with Crippen molar-refractivity contribution in [3.63, 3.8) is 0 Å². The molecule has 0 saturated carbocycles. The average Bonchev–Trinajstić information content (AvgIpc) is 3.18. The lowest BCUT2D eigenvalue weighted by atomic mass is 10.0. The maximum atomic E-state index is 11.1. The Morgan fingerprint density at radius 1 is 0.778 bits per heavy atom. The van der Waals surface area contributed by atoms with Crippen molar-refractivity contribution in [1.29, 1.82) is 0 Å². The summed E-state index contributed by atoms with van der Waals surface area (Å²) in [6, 6.07) is 22.6. The first-order valence-corrected chi connectivity index (χ1v) is 8.45. The summed E-state index contributed by atoms with van der Waals surface area (Å²) in [5, 5.41) is 17.2. The van der Waals surface area contributed by atoms with E-state index in [0.29, 0.717) is 11.5 Å². The molecule has 0 amide bonds. The van der Waals surface area contributed by atoms with Gasteiger partial charge < -0.3 is 9.52 Å². The van der Waals surface area contributed by atoms with Crippen molar-refractivity contribution in [2.24, 2.45) is 0 Å². The van der Waals surface area contributed by atoms with Crippen LogP contribution >= 0.6 is 0 Å². The van der Waals surface area contributed by atoms with Gasteiger partial charge in [-0.2, -0.15) is 0 Å². The topological polar surface area (TPSA) is 76.2 Å². The van der Waals surface area contributed by atoms with Gasteiger partial charge in [0.1, 0.15) is 0 Å². The van der Waals surface area contributed by atoms with Crippen molar-refractivity contribution in [1.82, 2.24) is 10.2 Å². The Bertz CT molecular complexity index is 1110. The van der Waals surface area contributed by atoms with Crippen LogP contribution in [0.3, 0.4) is 0 Å². The SMILES string of the molecule is Cc1cccc(-c2ccc(-c3nnc(-c4cccc(C(=O)O)c4)o3)cc2)c1. The highest BCUT2D eigenvalue weighted by Gasteiger charge is 2.12. The number of rotatable bonds is 4. The van der Waals surface area contributed by atoms with Gasteiger partial charge in [-0.05, 0) is 48.4 Å². The lowest BCUT2D eigenvalue weighted by Crippen LogP contribution is -1.95. The molecule has 1 N–H and O–H groups in total. The number of hydrogen-bond acceptors (Lipinski definition) is 4. The molecule has 3 aromatic carbocycles. The number of carboxylic acid groups (broad SMARTS) is 1. The second-order valence-electron chi connectivity index (χ2n) is 6.25. The third kappa shape index (κ3) is 3.48. The minimum Gasteiger partial charge on any atom is -0.478 e. The van der Waals surface area contributed by atoms with Crippen LogP contribution in [-0.2, 0) is 0 Å². The molecule has 0 aliphatic rings. The van der Waals surface area contributed by atoms with Crippen LogP contribution in [0.1, 0.15) is 15.9 Å². The Kier molecular flexibility index (Phi) is 4.26. The molecule has 27 heavy (non-hydrogen) atoms. The zero-order valence-electron chi connectivity index (χ0n) is 14.6. The van der Waals surface area contributed by atoms with E-state index in [2.05, 4.69) is 35.3 Å². The van der Waals surface area contributed by atoms with Crippen LogP contribution in [0.4, 0.5) is 0 Å². The van der Waals surface area contributed by atoms with Gasteiger partial charge in [0.2, 0.25) is 11.8 Å². The molecular formula is C22H16N2O3. The Balaban J connectivity index is 1.62. The Labute approximate surface area is 155 Å². The molecule has 1 aromatic heterocycles. The fourth-order valence-electron chi connectivity index (χ4n) is 2.87. The van der Waals surface area contributed by atoms with E-state index in [4.69, 9.17) is 9.52 Å². The van der Waals surface area contributed by atoms with Crippen molar-refractivity contribution in [3.8, 4) is 34.0 Å². The predicted molar refractivity (Wildman–Crippen MR) is 102 cm³/mol.